The largest absolute Gasteiger partial charge is 0.410 e. The first-order valence-electron chi connectivity index (χ1n) is 12.9. The molecule has 2 aliphatic rings. The van der Waals surface area contributed by atoms with Crippen LogP contribution < -0.4 is 0 Å². The van der Waals surface area contributed by atoms with Gasteiger partial charge in [-0.3, -0.25) is 0 Å². The van der Waals surface area contributed by atoms with E-state index >= 15 is 4.39 Å². The van der Waals surface area contributed by atoms with Gasteiger partial charge in [-0.2, -0.15) is 5.26 Å². The molecule has 0 saturated heterocycles. The second-order valence-electron chi connectivity index (χ2n) is 11.9. The molecule has 216 valence electrons. The molecule has 0 heterocycles. The Bertz CT molecular complexity index is 1530. The molecule has 0 aromatic heterocycles. The van der Waals surface area contributed by atoms with Gasteiger partial charge in [0.05, 0.1) is 27.7 Å². The minimum absolute atomic E-state index is 0.0842. The number of hydrogen-bond donors (Lipinski definition) is 0. The number of alkyl halides is 1. The van der Waals surface area contributed by atoms with E-state index in [9.17, 15) is 18.1 Å². The Balaban J connectivity index is 1.97. The Kier molecular flexibility index (Phi) is 8.42. The maximum absolute atomic E-state index is 15.4. The quantitative estimate of drug-likeness (QED) is 0.244. The molecular weight excluding hydrogens is 576 g/mol. The molecule has 0 aliphatic heterocycles. The minimum atomic E-state index is -3.87. The van der Waals surface area contributed by atoms with Crippen molar-refractivity contribution in [3.05, 3.63) is 68.5 Å². The van der Waals surface area contributed by atoms with Gasteiger partial charge in [-0.15, -0.1) is 0 Å². The van der Waals surface area contributed by atoms with Crippen LogP contribution in [0.15, 0.2) is 29.2 Å². The third-order valence-corrected chi connectivity index (χ3v) is 14.1. The fourth-order valence-corrected chi connectivity index (χ4v) is 8.22. The monoisotopic (exact) mass is 609 g/mol. The predicted molar refractivity (Wildman–Crippen MR) is 153 cm³/mol. The SMILES string of the molecule is COCO[C@H]1c2c(c(C3=CC[C@@H](O[Si](C)(C)C(C)(C)C)c4cc(F)cc(C#N)c43)cc(Cl)c2S(C)(=O)=O)C[C@H]1F. The van der Waals surface area contributed by atoms with Crippen LogP contribution in [0.2, 0.25) is 23.2 Å². The third kappa shape index (κ3) is 5.52. The Hall–Kier alpha value is -2.13. The minimum Gasteiger partial charge on any atom is -0.410 e. The molecule has 2 aromatic carbocycles. The molecule has 6 nitrogen and oxygen atoms in total. The van der Waals surface area contributed by atoms with Crippen LogP contribution in [0.4, 0.5) is 8.78 Å². The number of benzene rings is 2. The molecule has 4 rings (SSSR count). The van der Waals surface area contributed by atoms with Crippen molar-refractivity contribution in [3.63, 3.8) is 0 Å². The van der Waals surface area contributed by atoms with Crippen LogP contribution in [0, 0.1) is 17.1 Å². The number of halogens is 3. The second-order valence-corrected chi connectivity index (χ2v) is 19.0. The van der Waals surface area contributed by atoms with Gasteiger partial charge < -0.3 is 13.9 Å². The molecule has 0 unspecified atom stereocenters. The highest BCUT2D eigenvalue weighted by Gasteiger charge is 2.43. The maximum atomic E-state index is 15.4. The number of fused-ring (bicyclic) bond motifs is 2. The molecule has 0 spiro atoms. The lowest BCUT2D eigenvalue weighted by atomic mass is 9.81. The summed E-state index contributed by atoms with van der Waals surface area (Å²) in [6.45, 7) is 10.3. The van der Waals surface area contributed by atoms with E-state index in [1.54, 1.807) is 0 Å². The highest BCUT2D eigenvalue weighted by molar-refractivity contribution is 7.90. The lowest BCUT2D eigenvalue weighted by Gasteiger charge is -2.41. The Morgan fingerprint density at radius 2 is 1.90 bits per heavy atom. The van der Waals surface area contributed by atoms with Crippen LogP contribution in [0.1, 0.15) is 72.8 Å². The summed E-state index contributed by atoms with van der Waals surface area (Å²) in [4.78, 5) is -0.190. The lowest BCUT2D eigenvalue weighted by molar-refractivity contribution is -0.0939. The normalized spacial score (nSPS) is 21.0. The molecule has 0 fully saturated rings. The predicted octanol–water partition coefficient (Wildman–Crippen LogP) is 7.21. The van der Waals surface area contributed by atoms with E-state index in [-0.39, 0.29) is 39.3 Å². The summed E-state index contributed by atoms with van der Waals surface area (Å²) in [6, 6.07) is 6.15. The zero-order chi connectivity index (χ0) is 29.8. The van der Waals surface area contributed by atoms with Crippen molar-refractivity contribution in [2.24, 2.45) is 0 Å². The van der Waals surface area contributed by atoms with Gasteiger partial charge in [0.25, 0.3) is 0 Å². The van der Waals surface area contributed by atoms with Gasteiger partial charge in [-0.1, -0.05) is 38.4 Å². The zero-order valence-electron chi connectivity index (χ0n) is 23.7. The van der Waals surface area contributed by atoms with Crippen molar-refractivity contribution in [2.45, 2.75) is 75.0 Å². The summed E-state index contributed by atoms with van der Waals surface area (Å²) in [6.07, 6.45) is -0.0925. The first-order chi connectivity index (χ1) is 18.5. The van der Waals surface area contributed by atoms with Crippen LogP contribution in [0.3, 0.4) is 0 Å². The van der Waals surface area contributed by atoms with E-state index in [0.717, 1.165) is 12.3 Å². The molecular formula is C29H34ClF2NO5SSi. The van der Waals surface area contributed by atoms with Crippen LogP contribution in [-0.4, -0.2) is 43.1 Å². The van der Waals surface area contributed by atoms with E-state index in [0.29, 0.717) is 34.2 Å². The first-order valence-corrected chi connectivity index (χ1v) is 18.1. The van der Waals surface area contributed by atoms with E-state index in [1.165, 1.54) is 19.2 Å². The molecule has 0 N–H and O–H groups in total. The van der Waals surface area contributed by atoms with E-state index in [2.05, 4.69) is 39.9 Å². The van der Waals surface area contributed by atoms with Gasteiger partial charge in [-0.25, -0.2) is 17.2 Å². The summed E-state index contributed by atoms with van der Waals surface area (Å²) < 4.78 is 73.2. The van der Waals surface area contributed by atoms with Crippen LogP contribution in [0.5, 0.6) is 0 Å². The zero-order valence-corrected chi connectivity index (χ0v) is 26.3. The van der Waals surface area contributed by atoms with Crippen LogP contribution in [0.25, 0.3) is 5.57 Å². The van der Waals surface area contributed by atoms with E-state index in [4.69, 9.17) is 25.5 Å². The third-order valence-electron chi connectivity index (χ3n) is 8.07. The maximum Gasteiger partial charge on any atom is 0.192 e. The highest BCUT2D eigenvalue weighted by atomic mass is 35.5. The van der Waals surface area contributed by atoms with Gasteiger partial charge in [0, 0.05) is 30.9 Å². The van der Waals surface area contributed by atoms with Gasteiger partial charge in [-0.05, 0) is 65.0 Å². The first kappa shape index (κ1) is 30.8. The van der Waals surface area contributed by atoms with Crippen molar-refractivity contribution in [1.29, 1.82) is 5.26 Å². The molecule has 3 atom stereocenters. The fraction of sp³-hybridized carbons (Fsp3) is 0.483. The van der Waals surface area contributed by atoms with Crippen molar-refractivity contribution >= 4 is 35.3 Å². The summed E-state index contributed by atoms with van der Waals surface area (Å²) in [5.41, 5.74) is 2.71. The van der Waals surface area contributed by atoms with Crippen molar-refractivity contribution < 1.29 is 31.1 Å². The summed E-state index contributed by atoms with van der Waals surface area (Å²) >= 11 is 6.60. The Labute approximate surface area is 240 Å². The van der Waals surface area contributed by atoms with Gasteiger partial charge >= 0.3 is 0 Å². The van der Waals surface area contributed by atoms with Gasteiger partial charge in [0.1, 0.15) is 24.9 Å². The van der Waals surface area contributed by atoms with Gasteiger partial charge in [0.15, 0.2) is 18.2 Å². The second kappa shape index (κ2) is 10.9. The molecule has 40 heavy (non-hydrogen) atoms. The molecule has 11 heteroatoms. The number of ether oxygens (including phenoxy) is 2. The number of rotatable bonds is 7. The van der Waals surface area contributed by atoms with Crippen molar-refractivity contribution in [2.75, 3.05) is 20.2 Å². The number of nitriles is 1. The average Bonchev–Trinajstić information content (AvgIpc) is 3.15. The fourth-order valence-electron chi connectivity index (χ4n) is 5.25. The molecule has 2 aliphatic carbocycles. The molecule has 0 saturated carbocycles. The lowest BCUT2D eigenvalue weighted by Crippen LogP contribution is -2.42. The molecule has 2 aromatic rings. The van der Waals surface area contributed by atoms with Crippen molar-refractivity contribution in [1.82, 2.24) is 0 Å². The van der Waals surface area contributed by atoms with E-state index in [1.807, 2.05) is 6.08 Å². The average molecular weight is 610 g/mol. The smallest absolute Gasteiger partial charge is 0.192 e. The number of nitrogens with zero attached hydrogens (tertiary/aromatic N) is 1. The summed E-state index contributed by atoms with van der Waals surface area (Å²) in [7, 11) is -4.77. The number of hydrogen-bond acceptors (Lipinski definition) is 6. The molecule has 0 amide bonds. The van der Waals surface area contributed by atoms with Gasteiger partial charge in [0.2, 0.25) is 0 Å². The number of sulfone groups is 1. The molecule has 0 radical (unpaired) electrons. The van der Waals surface area contributed by atoms with Crippen LogP contribution >= 0.6 is 11.6 Å². The standard InChI is InChI=1S/C29H34ClF2NO5SSi/c1-29(2,3)40(6,7)38-24-9-8-18(25-16(14-33)10-17(31)11-21(24)25)19-12-22(30)28(39(5,34)35)26-20(19)13-23(32)27(26)37-15-36-4/h8,10-12,23-24,27H,9,13,15H2,1-7H3/t23-,24-,27-/m1/s1. The Morgan fingerprint density at radius 1 is 1.23 bits per heavy atom. The summed E-state index contributed by atoms with van der Waals surface area (Å²) in [5, 5.41) is 9.85. The Morgan fingerprint density at radius 3 is 2.48 bits per heavy atom. The van der Waals surface area contributed by atoms with Crippen LogP contribution in [-0.2, 0) is 30.2 Å². The highest BCUT2D eigenvalue weighted by Crippen LogP contribution is 2.50. The summed E-state index contributed by atoms with van der Waals surface area (Å²) in [5.74, 6) is -0.562. The molecule has 0 bridgehead atoms. The topological polar surface area (TPSA) is 85.6 Å². The number of methoxy groups -OCH3 is 1. The van der Waals surface area contributed by atoms with E-state index < -0.39 is 42.4 Å². The van der Waals surface area contributed by atoms with Crippen molar-refractivity contribution in [3.8, 4) is 6.07 Å².